The molecule has 72 valence electrons. The summed E-state index contributed by atoms with van der Waals surface area (Å²) in [5.41, 5.74) is 0.232. The van der Waals surface area contributed by atoms with Crippen molar-refractivity contribution in [1.29, 1.82) is 0 Å². The lowest BCUT2D eigenvalue weighted by atomic mass is 10.1. The van der Waals surface area contributed by atoms with Crippen LogP contribution < -0.4 is 5.32 Å². The average molecular weight is 206 g/mol. The quantitative estimate of drug-likeness (QED) is 0.748. The van der Waals surface area contributed by atoms with Gasteiger partial charge in [0.1, 0.15) is 11.6 Å². The third-order valence-corrected chi connectivity index (χ3v) is 2.17. The SMILES string of the molecule is CNCCc1c(F)ccc(F)c1Cl. The minimum absolute atomic E-state index is 0.116. The van der Waals surface area contributed by atoms with Crippen LogP contribution in [0.2, 0.25) is 5.02 Å². The van der Waals surface area contributed by atoms with Gasteiger partial charge in [-0.25, -0.2) is 8.78 Å². The molecule has 0 fully saturated rings. The van der Waals surface area contributed by atoms with Crippen molar-refractivity contribution in [2.45, 2.75) is 6.42 Å². The first-order valence-corrected chi connectivity index (χ1v) is 4.31. The van der Waals surface area contributed by atoms with Gasteiger partial charge in [-0.3, -0.25) is 0 Å². The molecule has 0 atom stereocenters. The molecule has 0 aromatic heterocycles. The van der Waals surface area contributed by atoms with Crippen LogP contribution in [0.3, 0.4) is 0 Å². The largest absolute Gasteiger partial charge is 0.319 e. The number of benzene rings is 1. The van der Waals surface area contributed by atoms with Gasteiger partial charge >= 0.3 is 0 Å². The highest BCUT2D eigenvalue weighted by Gasteiger charge is 2.10. The number of hydrogen-bond acceptors (Lipinski definition) is 1. The second-order valence-electron chi connectivity index (χ2n) is 2.68. The van der Waals surface area contributed by atoms with Gasteiger partial charge in [-0.05, 0) is 32.1 Å². The van der Waals surface area contributed by atoms with E-state index in [4.69, 9.17) is 11.6 Å². The van der Waals surface area contributed by atoms with Crippen molar-refractivity contribution in [3.05, 3.63) is 34.4 Å². The summed E-state index contributed by atoms with van der Waals surface area (Å²) in [4.78, 5) is 0. The van der Waals surface area contributed by atoms with Crippen LogP contribution in [0.5, 0.6) is 0 Å². The molecular formula is C9H10ClF2N. The molecule has 0 aliphatic heterocycles. The van der Waals surface area contributed by atoms with Crippen LogP contribution in [0.25, 0.3) is 0 Å². The Kier molecular flexibility index (Phi) is 3.63. The molecule has 0 aliphatic carbocycles. The van der Waals surface area contributed by atoms with E-state index in [0.29, 0.717) is 13.0 Å². The van der Waals surface area contributed by atoms with Gasteiger partial charge in [0.05, 0.1) is 5.02 Å². The zero-order valence-electron chi connectivity index (χ0n) is 7.20. The highest BCUT2D eigenvalue weighted by atomic mass is 35.5. The molecule has 0 bridgehead atoms. The maximum absolute atomic E-state index is 13.1. The first-order chi connectivity index (χ1) is 6.16. The van der Waals surface area contributed by atoms with Crippen molar-refractivity contribution in [1.82, 2.24) is 5.32 Å². The zero-order chi connectivity index (χ0) is 9.84. The Morgan fingerprint density at radius 2 is 1.92 bits per heavy atom. The Morgan fingerprint density at radius 1 is 1.31 bits per heavy atom. The number of likely N-dealkylation sites (N-methyl/N-ethyl adjacent to an activating group) is 1. The number of nitrogens with one attached hydrogen (secondary N) is 1. The summed E-state index contributed by atoms with van der Waals surface area (Å²) in [5.74, 6) is -1.03. The third kappa shape index (κ3) is 2.39. The lowest BCUT2D eigenvalue weighted by molar-refractivity contribution is 0.582. The van der Waals surface area contributed by atoms with Gasteiger partial charge < -0.3 is 5.32 Å². The van der Waals surface area contributed by atoms with E-state index < -0.39 is 11.6 Å². The Morgan fingerprint density at radius 3 is 2.54 bits per heavy atom. The van der Waals surface area contributed by atoms with Gasteiger partial charge in [0.15, 0.2) is 0 Å². The normalized spacial score (nSPS) is 10.5. The molecule has 0 saturated heterocycles. The summed E-state index contributed by atoms with van der Waals surface area (Å²) in [6.45, 7) is 0.570. The van der Waals surface area contributed by atoms with E-state index in [1.807, 2.05) is 0 Å². The van der Waals surface area contributed by atoms with Crippen molar-refractivity contribution >= 4 is 11.6 Å². The van der Waals surface area contributed by atoms with Gasteiger partial charge in [0.25, 0.3) is 0 Å². The van der Waals surface area contributed by atoms with Gasteiger partial charge in [0.2, 0.25) is 0 Å². The number of halogens is 3. The fourth-order valence-electron chi connectivity index (χ4n) is 1.05. The van der Waals surface area contributed by atoms with Gasteiger partial charge in [-0.15, -0.1) is 0 Å². The first kappa shape index (κ1) is 10.4. The topological polar surface area (TPSA) is 12.0 Å². The van der Waals surface area contributed by atoms with Crippen molar-refractivity contribution in [2.24, 2.45) is 0 Å². The molecule has 0 saturated carbocycles. The Hall–Kier alpha value is -0.670. The van der Waals surface area contributed by atoms with Crippen LogP contribution in [0.1, 0.15) is 5.56 Å². The summed E-state index contributed by atoms with van der Waals surface area (Å²) >= 11 is 5.59. The lowest BCUT2D eigenvalue weighted by Gasteiger charge is -2.05. The maximum Gasteiger partial charge on any atom is 0.142 e. The Bertz CT molecular complexity index is 302. The molecular weight excluding hydrogens is 196 g/mol. The Labute approximate surface area is 80.7 Å². The first-order valence-electron chi connectivity index (χ1n) is 3.93. The average Bonchev–Trinajstić information content (AvgIpc) is 2.12. The van der Waals surface area contributed by atoms with E-state index in [0.717, 1.165) is 12.1 Å². The molecule has 0 amide bonds. The van der Waals surface area contributed by atoms with E-state index in [1.165, 1.54) is 0 Å². The standard InChI is InChI=1S/C9H10ClF2N/c1-13-5-4-6-7(11)2-3-8(12)9(6)10/h2-3,13H,4-5H2,1H3. The second-order valence-corrected chi connectivity index (χ2v) is 3.05. The van der Waals surface area contributed by atoms with E-state index in [-0.39, 0.29) is 10.6 Å². The molecule has 0 aliphatic rings. The molecule has 1 N–H and O–H groups in total. The summed E-state index contributed by atoms with van der Waals surface area (Å²) < 4.78 is 25.9. The van der Waals surface area contributed by atoms with E-state index in [1.54, 1.807) is 7.05 Å². The van der Waals surface area contributed by atoms with Crippen LogP contribution >= 0.6 is 11.6 Å². The molecule has 0 spiro atoms. The molecule has 13 heavy (non-hydrogen) atoms. The van der Waals surface area contributed by atoms with Crippen LogP contribution in [0, 0.1) is 11.6 Å². The molecule has 0 radical (unpaired) electrons. The van der Waals surface area contributed by atoms with Crippen molar-refractivity contribution in [2.75, 3.05) is 13.6 Å². The number of hydrogen-bond donors (Lipinski definition) is 1. The highest BCUT2D eigenvalue weighted by Crippen LogP contribution is 2.22. The van der Waals surface area contributed by atoms with Crippen LogP contribution in [-0.4, -0.2) is 13.6 Å². The summed E-state index contributed by atoms with van der Waals surface area (Å²) in [6, 6.07) is 2.12. The fourth-order valence-corrected chi connectivity index (χ4v) is 1.30. The molecule has 1 rings (SSSR count). The predicted molar refractivity (Wildman–Crippen MR) is 49.0 cm³/mol. The van der Waals surface area contributed by atoms with E-state index >= 15 is 0 Å². The monoisotopic (exact) mass is 205 g/mol. The molecule has 0 heterocycles. The third-order valence-electron chi connectivity index (χ3n) is 1.76. The van der Waals surface area contributed by atoms with Crippen LogP contribution in [0.4, 0.5) is 8.78 Å². The van der Waals surface area contributed by atoms with Crippen molar-refractivity contribution < 1.29 is 8.78 Å². The number of rotatable bonds is 3. The van der Waals surface area contributed by atoms with Crippen molar-refractivity contribution in [3.8, 4) is 0 Å². The van der Waals surface area contributed by atoms with E-state index in [2.05, 4.69) is 5.32 Å². The summed E-state index contributed by atoms with van der Waals surface area (Å²) in [5, 5.41) is 2.73. The van der Waals surface area contributed by atoms with Gasteiger partial charge in [-0.2, -0.15) is 0 Å². The highest BCUT2D eigenvalue weighted by molar-refractivity contribution is 6.31. The molecule has 1 nitrogen and oxygen atoms in total. The molecule has 4 heteroatoms. The molecule has 1 aromatic carbocycles. The fraction of sp³-hybridized carbons (Fsp3) is 0.333. The summed E-state index contributed by atoms with van der Waals surface area (Å²) in [7, 11) is 1.74. The second kappa shape index (κ2) is 4.53. The van der Waals surface area contributed by atoms with Crippen LogP contribution in [-0.2, 0) is 6.42 Å². The molecule has 1 aromatic rings. The predicted octanol–water partition coefficient (Wildman–Crippen LogP) is 2.38. The smallest absolute Gasteiger partial charge is 0.142 e. The Balaban J connectivity index is 2.96. The van der Waals surface area contributed by atoms with Gasteiger partial charge in [0, 0.05) is 5.56 Å². The maximum atomic E-state index is 13.1. The van der Waals surface area contributed by atoms with E-state index in [9.17, 15) is 8.78 Å². The summed E-state index contributed by atoms with van der Waals surface area (Å²) in [6.07, 6.45) is 0.388. The lowest BCUT2D eigenvalue weighted by Crippen LogP contribution is -2.11. The van der Waals surface area contributed by atoms with Crippen LogP contribution in [0.15, 0.2) is 12.1 Å². The minimum Gasteiger partial charge on any atom is -0.319 e. The molecule has 0 unspecified atom stereocenters. The minimum atomic E-state index is -0.575. The zero-order valence-corrected chi connectivity index (χ0v) is 7.96. The van der Waals surface area contributed by atoms with Crippen molar-refractivity contribution in [3.63, 3.8) is 0 Å². The van der Waals surface area contributed by atoms with Gasteiger partial charge in [-0.1, -0.05) is 11.6 Å².